The predicted octanol–water partition coefficient (Wildman–Crippen LogP) is 5.21. The lowest BCUT2D eigenvalue weighted by molar-refractivity contribution is -0.138. The number of hydrogen-bond donors (Lipinski definition) is 1. The molecule has 10 heteroatoms. The Morgan fingerprint density at radius 3 is 2.26 bits per heavy atom. The topological polar surface area (TPSA) is 88.5 Å². The van der Waals surface area contributed by atoms with E-state index in [-0.39, 0.29) is 24.7 Å². The zero-order valence-corrected chi connectivity index (χ0v) is 21.4. The van der Waals surface area contributed by atoms with Crippen LogP contribution in [0.2, 0.25) is 5.02 Å². The van der Waals surface area contributed by atoms with Gasteiger partial charge in [-0.15, -0.1) is 0 Å². The second-order valence-electron chi connectivity index (χ2n) is 8.72. The quantitative estimate of drug-likeness (QED) is 0.443. The van der Waals surface area contributed by atoms with Gasteiger partial charge in [0.2, 0.25) is 0 Å². The van der Waals surface area contributed by atoms with Crippen molar-refractivity contribution in [2.45, 2.75) is 39.9 Å². The van der Waals surface area contributed by atoms with Gasteiger partial charge in [0.05, 0.1) is 12.1 Å². The van der Waals surface area contributed by atoms with Crippen molar-refractivity contribution in [3.63, 3.8) is 0 Å². The average Bonchev–Trinajstić information content (AvgIpc) is 2.76. The molecule has 0 saturated heterocycles. The lowest BCUT2D eigenvalue weighted by Crippen LogP contribution is -2.44. The van der Waals surface area contributed by atoms with E-state index in [1.807, 2.05) is 6.92 Å². The number of aliphatic carboxylic acids is 1. The van der Waals surface area contributed by atoms with Crippen LogP contribution < -0.4 is 14.4 Å². The molecular weight excluding hydrogens is 479 g/mol. The maximum atomic E-state index is 14.3. The molecule has 1 amide bonds. The first-order valence-corrected chi connectivity index (χ1v) is 11.5. The normalized spacial score (nSPS) is 11.1. The summed E-state index contributed by atoms with van der Waals surface area (Å²) in [6.45, 7) is 7.23. The SMILES string of the molecule is CCN(CCN(CC(=O)O)C(=O)OC(C)(C)C)c1cc(F)cc(Cl)c1COc1ccc(OC)cc1. The lowest BCUT2D eigenvalue weighted by atomic mass is 10.1. The molecular formula is C25H32ClFN2O6. The summed E-state index contributed by atoms with van der Waals surface area (Å²) in [5.74, 6) is -0.420. The molecule has 0 saturated carbocycles. The molecule has 192 valence electrons. The number of carboxylic acids is 1. The molecule has 2 aromatic rings. The number of amides is 1. The van der Waals surface area contributed by atoms with Crippen molar-refractivity contribution in [2.24, 2.45) is 0 Å². The van der Waals surface area contributed by atoms with Gasteiger partial charge in [-0.05, 0) is 64.1 Å². The van der Waals surface area contributed by atoms with E-state index in [9.17, 15) is 19.1 Å². The summed E-state index contributed by atoms with van der Waals surface area (Å²) >= 11 is 6.38. The van der Waals surface area contributed by atoms with E-state index in [1.54, 1.807) is 57.0 Å². The van der Waals surface area contributed by atoms with Crippen LogP contribution >= 0.6 is 11.6 Å². The van der Waals surface area contributed by atoms with Crippen LogP contribution in [0.15, 0.2) is 36.4 Å². The third kappa shape index (κ3) is 8.83. The molecule has 0 atom stereocenters. The van der Waals surface area contributed by atoms with Crippen LogP contribution in [0, 0.1) is 5.82 Å². The van der Waals surface area contributed by atoms with Gasteiger partial charge in [-0.25, -0.2) is 9.18 Å². The van der Waals surface area contributed by atoms with Crippen molar-refractivity contribution in [1.29, 1.82) is 0 Å². The lowest BCUT2D eigenvalue weighted by Gasteiger charge is -2.31. The first-order valence-electron chi connectivity index (χ1n) is 11.1. The Kier molecular flexibility index (Phi) is 10.0. The fraction of sp³-hybridized carbons (Fsp3) is 0.440. The number of halogens is 2. The summed E-state index contributed by atoms with van der Waals surface area (Å²) in [6, 6.07) is 9.57. The van der Waals surface area contributed by atoms with Gasteiger partial charge < -0.3 is 24.2 Å². The standard InChI is InChI=1S/C25H32ClFN2O6/c1-6-28(11-12-29(15-23(30)31)24(32)35-25(2,3)4)22-14-17(27)13-21(26)20(22)16-34-19-9-7-18(33-5)8-10-19/h7-10,13-14H,6,11-12,15-16H2,1-5H3,(H,30,31). The van der Waals surface area contributed by atoms with E-state index in [0.717, 1.165) is 4.90 Å². The molecule has 0 aliphatic heterocycles. The van der Waals surface area contributed by atoms with Crippen LogP contribution in [-0.2, 0) is 16.1 Å². The number of carboxylic acid groups (broad SMARTS) is 1. The van der Waals surface area contributed by atoms with E-state index in [0.29, 0.717) is 29.3 Å². The molecule has 2 aromatic carbocycles. The Hall–Kier alpha value is -3.20. The van der Waals surface area contributed by atoms with Gasteiger partial charge in [0.15, 0.2) is 0 Å². The minimum absolute atomic E-state index is 0.0436. The third-order valence-corrected chi connectivity index (χ3v) is 5.26. The van der Waals surface area contributed by atoms with Gasteiger partial charge in [0, 0.05) is 30.9 Å². The van der Waals surface area contributed by atoms with Crippen LogP contribution in [0.25, 0.3) is 0 Å². The highest BCUT2D eigenvalue weighted by atomic mass is 35.5. The van der Waals surface area contributed by atoms with Crippen molar-refractivity contribution in [3.05, 3.63) is 52.8 Å². The Morgan fingerprint density at radius 1 is 1.09 bits per heavy atom. The van der Waals surface area contributed by atoms with Gasteiger partial charge in [0.25, 0.3) is 0 Å². The first-order chi connectivity index (χ1) is 16.4. The monoisotopic (exact) mass is 510 g/mol. The minimum atomic E-state index is -1.17. The van der Waals surface area contributed by atoms with E-state index < -0.39 is 30.0 Å². The number of likely N-dealkylation sites (N-methyl/N-ethyl adjacent to an activating group) is 1. The van der Waals surface area contributed by atoms with E-state index >= 15 is 0 Å². The van der Waals surface area contributed by atoms with Crippen LogP contribution in [0.3, 0.4) is 0 Å². The summed E-state index contributed by atoms with van der Waals surface area (Å²) in [5, 5.41) is 9.44. The molecule has 0 bridgehead atoms. The summed E-state index contributed by atoms with van der Waals surface area (Å²) in [4.78, 5) is 26.7. The molecule has 0 aliphatic rings. The Bertz CT molecular complexity index is 1010. The van der Waals surface area contributed by atoms with Gasteiger partial charge in [-0.1, -0.05) is 11.6 Å². The average molecular weight is 511 g/mol. The zero-order chi connectivity index (χ0) is 26.2. The van der Waals surface area contributed by atoms with Crippen LogP contribution in [0.1, 0.15) is 33.3 Å². The van der Waals surface area contributed by atoms with Crippen LogP contribution in [-0.4, -0.2) is 61.0 Å². The van der Waals surface area contributed by atoms with Gasteiger partial charge >= 0.3 is 12.1 Å². The van der Waals surface area contributed by atoms with Crippen molar-refractivity contribution in [2.75, 3.05) is 38.2 Å². The van der Waals surface area contributed by atoms with Gasteiger partial charge in [0.1, 0.15) is 36.1 Å². The third-order valence-electron chi connectivity index (χ3n) is 4.92. The van der Waals surface area contributed by atoms with Crippen LogP contribution in [0.5, 0.6) is 11.5 Å². The molecule has 2 rings (SSSR count). The predicted molar refractivity (Wildman–Crippen MR) is 132 cm³/mol. The summed E-state index contributed by atoms with van der Waals surface area (Å²) in [7, 11) is 1.57. The number of rotatable bonds is 11. The van der Waals surface area contributed by atoms with E-state index in [2.05, 4.69) is 0 Å². The number of methoxy groups -OCH3 is 1. The number of carbonyl (C=O) groups is 2. The van der Waals surface area contributed by atoms with Crippen LogP contribution in [0.4, 0.5) is 14.9 Å². The molecule has 1 N–H and O–H groups in total. The van der Waals surface area contributed by atoms with Crippen molar-refractivity contribution < 1.29 is 33.3 Å². The fourth-order valence-electron chi connectivity index (χ4n) is 3.26. The number of carbonyl (C=O) groups excluding carboxylic acids is 1. The highest BCUT2D eigenvalue weighted by molar-refractivity contribution is 6.31. The molecule has 0 spiro atoms. The smallest absolute Gasteiger partial charge is 0.410 e. The summed E-state index contributed by atoms with van der Waals surface area (Å²) < 4.78 is 30.7. The van der Waals surface area contributed by atoms with Crippen molar-refractivity contribution in [1.82, 2.24) is 4.90 Å². The van der Waals surface area contributed by atoms with E-state index in [1.165, 1.54) is 12.1 Å². The van der Waals surface area contributed by atoms with Gasteiger partial charge in [-0.2, -0.15) is 0 Å². The second kappa shape index (κ2) is 12.5. The second-order valence-corrected chi connectivity index (χ2v) is 9.13. The van der Waals surface area contributed by atoms with Crippen molar-refractivity contribution >= 4 is 29.4 Å². The Balaban J connectivity index is 2.23. The van der Waals surface area contributed by atoms with E-state index in [4.69, 9.17) is 25.8 Å². The molecule has 8 nitrogen and oxygen atoms in total. The fourth-order valence-corrected chi connectivity index (χ4v) is 3.51. The number of hydrogen-bond acceptors (Lipinski definition) is 6. The molecule has 0 heterocycles. The molecule has 0 unspecified atom stereocenters. The minimum Gasteiger partial charge on any atom is -0.497 e. The summed E-state index contributed by atoms with van der Waals surface area (Å²) in [6.07, 6.45) is -0.740. The number of benzene rings is 2. The zero-order valence-electron chi connectivity index (χ0n) is 20.6. The molecule has 0 aromatic heterocycles. The maximum Gasteiger partial charge on any atom is 0.410 e. The molecule has 0 fully saturated rings. The first kappa shape index (κ1) is 28.0. The van der Waals surface area contributed by atoms with Crippen molar-refractivity contribution in [3.8, 4) is 11.5 Å². The maximum absolute atomic E-state index is 14.3. The Labute approximate surface area is 210 Å². The highest BCUT2D eigenvalue weighted by Gasteiger charge is 2.25. The summed E-state index contributed by atoms with van der Waals surface area (Å²) in [5.41, 5.74) is 0.276. The number of ether oxygens (including phenoxy) is 3. The largest absolute Gasteiger partial charge is 0.497 e. The highest BCUT2D eigenvalue weighted by Crippen LogP contribution is 2.31. The molecule has 0 radical (unpaired) electrons. The number of nitrogens with zero attached hydrogens (tertiary/aromatic N) is 2. The Morgan fingerprint density at radius 2 is 1.71 bits per heavy atom. The van der Waals surface area contributed by atoms with Gasteiger partial charge in [-0.3, -0.25) is 9.69 Å². The molecule has 0 aliphatic carbocycles. The number of anilines is 1. The molecule has 35 heavy (non-hydrogen) atoms.